The van der Waals surface area contributed by atoms with Crippen LogP contribution in [-0.4, -0.2) is 9.78 Å². The predicted molar refractivity (Wildman–Crippen MR) is 65.0 cm³/mol. The van der Waals surface area contributed by atoms with Crippen molar-refractivity contribution < 1.29 is 13.2 Å². The van der Waals surface area contributed by atoms with Crippen molar-refractivity contribution >= 4 is 5.82 Å². The summed E-state index contributed by atoms with van der Waals surface area (Å²) in [6.45, 7) is 0. The van der Waals surface area contributed by atoms with Gasteiger partial charge >= 0.3 is 6.18 Å². The lowest BCUT2D eigenvalue weighted by molar-refractivity contribution is -0.137. The van der Waals surface area contributed by atoms with E-state index in [2.05, 4.69) is 5.10 Å². The van der Waals surface area contributed by atoms with Crippen molar-refractivity contribution in [3.63, 3.8) is 0 Å². The van der Waals surface area contributed by atoms with Gasteiger partial charge < -0.3 is 5.73 Å². The molecule has 1 aromatic carbocycles. The molecule has 1 aliphatic rings. The summed E-state index contributed by atoms with van der Waals surface area (Å²) in [6.07, 6.45) is -1.99. The van der Waals surface area contributed by atoms with Crippen LogP contribution in [0.25, 0.3) is 5.69 Å². The second-order valence-electron chi connectivity index (χ2n) is 4.59. The maximum absolute atomic E-state index is 13.0. The Kier molecular flexibility index (Phi) is 2.55. The molecule has 3 rings (SSSR count). The average molecular weight is 267 g/mol. The summed E-state index contributed by atoms with van der Waals surface area (Å²) in [5.41, 5.74) is 6.82. The molecule has 0 spiro atoms. The summed E-state index contributed by atoms with van der Waals surface area (Å²) < 4.78 is 40.4. The Hall–Kier alpha value is -1.98. The molecule has 1 heterocycles. The summed E-state index contributed by atoms with van der Waals surface area (Å²) in [4.78, 5) is 0. The van der Waals surface area contributed by atoms with Crippen molar-refractivity contribution in [2.75, 3.05) is 5.73 Å². The first-order valence-electron chi connectivity index (χ1n) is 6.01. The molecular weight excluding hydrogens is 255 g/mol. The quantitative estimate of drug-likeness (QED) is 0.863. The van der Waals surface area contributed by atoms with Crippen molar-refractivity contribution in [2.45, 2.75) is 25.4 Å². The highest BCUT2D eigenvalue weighted by molar-refractivity contribution is 5.51. The fourth-order valence-electron chi connectivity index (χ4n) is 2.56. The van der Waals surface area contributed by atoms with Crippen LogP contribution in [-0.2, 0) is 19.0 Å². The van der Waals surface area contributed by atoms with Crippen LogP contribution >= 0.6 is 0 Å². The third kappa shape index (κ3) is 1.87. The Morgan fingerprint density at radius 2 is 1.89 bits per heavy atom. The molecule has 3 nitrogen and oxygen atoms in total. The molecule has 0 bridgehead atoms. The minimum Gasteiger partial charge on any atom is -0.382 e. The molecule has 0 aliphatic heterocycles. The van der Waals surface area contributed by atoms with Crippen LogP contribution in [0.15, 0.2) is 24.3 Å². The third-order valence-corrected chi connectivity index (χ3v) is 3.40. The first-order valence-corrected chi connectivity index (χ1v) is 6.01. The van der Waals surface area contributed by atoms with Gasteiger partial charge in [0.25, 0.3) is 0 Å². The van der Waals surface area contributed by atoms with Crippen LogP contribution in [0.2, 0.25) is 0 Å². The Morgan fingerprint density at radius 1 is 1.16 bits per heavy atom. The number of hydrogen-bond acceptors (Lipinski definition) is 2. The molecular formula is C13H12F3N3. The van der Waals surface area contributed by atoms with Gasteiger partial charge in [-0.1, -0.05) is 12.1 Å². The smallest absolute Gasteiger partial charge is 0.382 e. The molecule has 0 unspecified atom stereocenters. The van der Waals surface area contributed by atoms with Gasteiger partial charge in [0.15, 0.2) is 0 Å². The number of fused-ring (bicyclic) bond motifs is 1. The van der Waals surface area contributed by atoms with E-state index in [0.717, 1.165) is 30.2 Å². The van der Waals surface area contributed by atoms with E-state index in [4.69, 9.17) is 5.73 Å². The van der Waals surface area contributed by atoms with Gasteiger partial charge in [-0.15, -0.1) is 0 Å². The number of anilines is 1. The summed E-state index contributed by atoms with van der Waals surface area (Å²) in [7, 11) is 0. The standard InChI is InChI=1S/C13H12F3N3/c14-13(15,16)9-5-1-2-6-11(9)19-10-7-3-4-8(10)12(17)18-19/h1-2,5-6H,3-4,7H2,(H2,17,18). The number of rotatable bonds is 1. The summed E-state index contributed by atoms with van der Waals surface area (Å²) in [6, 6.07) is 5.44. The second-order valence-corrected chi connectivity index (χ2v) is 4.59. The van der Waals surface area contributed by atoms with Crippen molar-refractivity contribution in [3.8, 4) is 5.69 Å². The highest BCUT2D eigenvalue weighted by Crippen LogP contribution is 2.36. The van der Waals surface area contributed by atoms with Crippen LogP contribution in [0.5, 0.6) is 0 Å². The largest absolute Gasteiger partial charge is 0.418 e. The van der Waals surface area contributed by atoms with Crippen molar-refractivity contribution in [1.29, 1.82) is 0 Å². The predicted octanol–water partition coefficient (Wildman–Crippen LogP) is 2.96. The first kappa shape index (κ1) is 12.1. The van der Waals surface area contributed by atoms with Gasteiger partial charge in [0.05, 0.1) is 11.3 Å². The molecule has 100 valence electrons. The number of nitrogen functional groups attached to an aromatic ring is 1. The van der Waals surface area contributed by atoms with E-state index in [-0.39, 0.29) is 5.69 Å². The molecule has 0 atom stereocenters. The van der Waals surface area contributed by atoms with Gasteiger partial charge in [0.1, 0.15) is 5.82 Å². The van der Waals surface area contributed by atoms with Gasteiger partial charge in [-0.25, -0.2) is 4.68 Å². The van der Waals surface area contributed by atoms with E-state index in [1.807, 2.05) is 0 Å². The maximum atomic E-state index is 13.0. The van der Waals surface area contributed by atoms with E-state index in [0.29, 0.717) is 12.2 Å². The number of benzene rings is 1. The fourth-order valence-corrected chi connectivity index (χ4v) is 2.56. The average Bonchev–Trinajstić information content (AvgIpc) is 2.93. The highest BCUT2D eigenvalue weighted by Gasteiger charge is 2.35. The SMILES string of the molecule is Nc1nn(-c2ccccc2C(F)(F)F)c2c1CCC2. The van der Waals surface area contributed by atoms with Crippen molar-refractivity contribution in [1.82, 2.24) is 9.78 Å². The van der Waals surface area contributed by atoms with E-state index in [1.54, 1.807) is 6.07 Å². The lowest BCUT2D eigenvalue weighted by atomic mass is 10.1. The van der Waals surface area contributed by atoms with E-state index in [9.17, 15) is 13.2 Å². The summed E-state index contributed by atoms with van der Waals surface area (Å²) in [5, 5.41) is 4.07. The number of nitrogens with two attached hydrogens (primary N) is 1. The van der Waals surface area contributed by atoms with Gasteiger partial charge in [-0.05, 0) is 31.4 Å². The van der Waals surface area contributed by atoms with Gasteiger partial charge in [0.2, 0.25) is 0 Å². The lowest BCUT2D eigenvalue weighted by Crippen LogP contribution is -2.12. The van der Waals surface area contributed by atoms with E-state index >= 15 is 0 Å². The molecule has 6 heteroatoms. The zero-order valence-electron chi connectivity index (χ0n) is 10.0. The molecule has 0 amide bonds. The number of aromatic nitrogens is 2. The van der Waals surface area contributed by atoms with E-state index < -0.39 is 11.7 Å². The Bertz CT molecular complexity index is 629. The highest BCUT2D eigenvalue weighted by atomic mass is 19.4. The second kappa shape index (κ2) is 4.01. The summed E-state index contributed by atoms with van der Waals surface area (Å²) >= 11 is 0. The topological polar surface area (TPSA) is 43.8 Å². The van der Waals surface area contributed by atoms with Crippen LogP contribution in [0.1, 0.15) is 23.2 Å². The summed E-state index contributed by atoms with van der Waals surface area (Å²) in [5.74, 6) is 0.337. The number of nitrogens with zero attached hydrogens (tertiary/aromatic N) is 2. The monoisotopic (exact) mass is 267 g/mol. The van der Waals surface area contributed by atoms with E-state index in [1.165, 1.54) is 16.8 Å². The molecule has 19 heavy (non-hydrogen) atoms. The maximum Gasteiger partial charge on any atom is 0.418 e. The zero-order chi connectivity index (χ0) is 13.6. The molecule has 2 aromatic rings. The first-order chi connectivity index (χ1) is 8.98. The molecule has 2 N–H and O–H groups in total. The van der Waals surface area contributed by atoms with Gasteiger partial charge in [-0.3, -0.25) is 0 Å². The third-order valence-electron chi connectivity index (χ3n) is 3.40. The molecule has 1 aliphatic carbocycles. The normalized spacial score (nSPS) is 14.7. The van der Waals surface area contributed by atoms with Crippen molar-refractivity contribution in [3.05, 3.63) is 41.1 Å². The fraction of sp³-hybridized carbons (Fsp3) is 0.308. The number of para-hydroxylation sites is 1. The zero-order valence-corrected chi connectivity index (χ0v) is 10.0. The van der Waals surface area contributed by atoms with Crippen molar-refractivity contribution in [2.24, 2.45) is 0 Å². The van der Waals surface area contributed by atoms with Gasteiger partial charge in [-0.2, -0.15) is 18.3 Å². The molecule has 0 saturated heterocycles. The lowest BCUT2D eigenvalue weighted by Gasteiger charge is -2.14. The van der Waals surface area contributed by atoms with Crippen LogP contribution < -0.4 is 5.73 Å². The number of halogens is 3. The molecule has 1 aromatic heterocycles. The number of alkyl halides is 3. The van der Waals surface area contributed by atoms with Crippen LogP contribution in [0, 0.1) is 0 Å². The van der Waals surface area contributed by atoms with Gasteiger partial charge in [0, 0.05) is 11.3 Å². The molecule has 0 fully saturated rings. The van der Waals surface area contributed by atoms with Crippen LogP contribution in [0.3, 0.4) is 0 Å². The Labute approximate surface area is 107 Å². The molecule has 0 radical (unpaired) electrons. The minimum atomic E-state index is -4.40. The Balaban J connectivity index is 2.21. The minimum absolute atomic E-state index is 0.0462. The van der Waals surface area contributed by atoms with Crippen LogP contribution in [0.4, 0.5) is 19.0 Å². The Morgan fingerprint density at radius 3 is 2.63 bits per heavy atom. The number of hydrogen-bond donors (Lipinski definition) is 1. The molecule has 0 saturated carbocycles.